The van der Waals surface area contributed by atoms with Crippen LogP contribution in [-0.2, 0) is 0 Å². The molecule has 1 saturated heterocycles. The molecule has 1 fully saturated rings. The Morgan fingerprint density at radius 3 is 2.76 bits per heavy atom. The number of urea groups is 1. The molecule has 5 heteroatoms. The molecule has 0 aromatic rings. The second-order valence-corrected chi connectivity index (χ2v) is 4.61. The molecule has 0 aliphatic carbocycles. The van der Waals surface area contributed by atoms with Gasteiger partial charge in [0.05, 0.1) is 12.6 Å². The molecule has 0 aromatic carbocycles. The van der Waals surface area contributed by atoms with Gasteiger partial charge in [0, 0.05) is 25.8 Å². The summed E-state index contributed by atoms with van der Waals surface area (Å²) in [7, 11) is 1.67. The summed E-state index contributed by atoms with van der Waals surface area (Å²) < 4.78 is 0. The van der Waals surface area contributed by atoms with Crippen LogP contribution < -0.4 is 5.32 Å². The highest BCUT2D eigenvalue weighted by atomic mass is 16.2. The first kappa shape index (κ1) is 12.0. The van der Waals surface area contributed by atoms with E-state index in [4.69, 9.17) is 0 Å². The van der Waals surface area contributed by atoms with Gasteiger partial charge in [0.25, 0.3) is 0 Å². The third-order valence-electron chi connectivity index (χ3n) is 3.61. The zero-order chi connectivity index (χ0) is 12.6. The van der Waals surface area contributed by atoms with Gasteiger partial charge in [0.15, 0.2) is 0 Å². The van der Waals surface area contributed by atoms with E-state index in [1.165, 1.54) is 11.3 Å². The number of nitrogens with one attached hydrogen (secondary N) is 1. The molecule has 2 aliphatic rings. The van der Waals surface area contributed by atoms with Crippen LogP contribution in [0.5, 0.6) is 0 Å². The summed E-state index contributed by atoms with van der Waals surface area (Å²) in [4.78, 5) is 20.3. The first-order valence-corrected chi connectivity index (χ1v) is 6.03. The summed E-state index contributed by atoms with van der Waals surface area (Å²) in [5, 5.41) is 2.68. The van der Waals surface area contributed by atoms with Gasteiger partial charge in [-0.25, -0.2) is 4.79 Å². The summed E-state index contributed by atoms with van der Waals surface area (Å²) in [6.45, 7) is 8.51. The Kier molecular flexibility index (Phi) is 3.09. The minimum atomic E-state index is -0.00207. The normalized spacial score (nSPS) is 24.5. The van der Waals surface area contributed by atoms with Gasteiger partial charge in [0.2, 0.25) is 0 Å². The largest absolute Gasteiger partial charge is 0.341 e. The van der Waals surface area contributed by atoms with Crippen LogP contribution in [0.25, 0.3) is 0 Å². The van der Waals surface area contributed by atoms with E-state index in [9.17, 15) is 4.79 Å². The average Bonchev–Trinajstić information content (AvgIpc) is 2.34. The molecule has 0 spiro atoms. The number of aliphatic imine (C=N–C) groups is 1. The van der Waals surface area contributed by atoms with Crippen molar-refractivity contribution in [3.8, 4) is 0 Å². The fourth-order valence-electron chi connectivity index (χ4n) is 2.41. The van der Waals surface area contributed by atoms with Crippen molar-refractivity contribution in [2.75, 3.05) is 26.7 Å². The molecule has 17 heavy (non-hydrogen) atoms. The Bertz CT molecular complexity index is 399. The second kappa shape index (κ2) is 4.39. The van der Waals surface area contributed by atoms with Gasteiger partial charge in [-0.3, -0.25) is 4.99 Å². The van der Waals surface area contributed by atoms with Crippen molar-refractivity contribution in [2.45, 2.75) is 26.8 Å². The molecule has 5 nitrogen and oxygen atoms in total. The van der Waals surface area contributed by atoms with Gasteiger partial charge in [-0.15, -0.1) is 0 Å². The van der Waals surface area contributed by atoms with Crippen LogP contribution in [0.3, 0.4) is 0 Å². The highest BCUT2D eigenvalue weighted by molar-refractivity contribution is 5.84. The predicted octanol–water partition coefficient (Wildman–Crippen LogP) is 1.04. The second-order valence-electron chi connectivity index (χ2n) is 4.61. The van der Waals surface area contributed by atoms with Crippen molar-refractivity contribution in [2.24, 2.45) is 4.99 Å². The lowest BCUT2D eigenvalue weighted by Gasteiger charge is -2.41. The fourth-order valence-corrected chi connectivity index (χ4v) is 2.41. The van der Waals surface area contributed by atoms with E-state index in [1.54, 1.807) is 7.05 Å². The molecule has 0 bridgehead atoms. The first-order valence-electron chi connectivity index (χ1n) is 6.03. The monoisotopic (exact) mass is 236 g/mol. The number of nitrogens with zero attached hydrogens (tertiary/aromatic N) is 3. The van der Waals surface area contributed by atoms with E-state index >= 15 is 0 Å². The number of amidine groups is 1. The lowest BCUT2D eigenvalue weighted by Crippen LogP contribution is -2.52. The Hall–Kier alpha value is -1.52. The molecule has 94 valence electrons. The molecule has 1 N–H and O–H groups in total. The Balaban J connectivity index is 2.23. The number of fused-ring (bicyclic) bond motifs is 1. The predicted molar refractivity (Wildman–Crippen MR) is 68.0 cm³/mol. The summed E-state index contributed by atoms with van der Waals surface area (Å²) in [5.74, 6) is 1.06. The van der Waals surface area contributed by atoms with E-state index in [1.807, 2.05) is 11.8 Å². The molecule has 0 saturated carbocycles. The maximum atomic E-state index is 11.7. The quantitative estimate of drug-likeness (QED) is 0.683. The Morgan fingerprint density at radius 1 is 1.41 bits per heavy atom. The SMILES string of the molecule is CNC(=O)N1CCN2C(C)=NC(C)C(C)=C2C1. The van der Waals surface area contributed by atoms with Gasteiger partial charge in [0.1, 0.15) is 5.84 Å². The molecule has 2 aliphatic heterocycles. The lowest BCUT2D eigenvalue weighted by molar-refractivity contribution is 0.185. The number of amides is 2. The van der Waals surface area contributed by atoms with Gasteiger partial charge in [-0.1, -0.05) is 0 Å². The molecule has 0 radical (unpaired) electrons. The summed E-state index contributed by atoms with van der Waals surface area (Å²) in [5.41, 5.74) is 2.50. The van der Waals surface area contributed by atoms with Crippen molar-refractivity contribution >= 4 is 11.9 Å². The molecule has 2 heterocycles. The minimum Gasteiger partial charge on any atom is -0.341 e. The fraction of sp³-hybridized carbons (Fsp3) is 0.667. The first-order chi connectivity index (χ1) is 8.04. The van der Waals surface area contributed by atoms with Crippen LogP contribution in [0.1, 0.15) is 20.8 Å². The molecule has 2 amide bonds. The van der Waals surface area contributed by atoms with Crippen molar-refractivity contribution in [1.82, 2.24) is 15.1 Å². The minimum absolute atomic E-state index is 0.00207. The van der Waals surface area contributed by atoms with E-state index in [2.05, 4.69) is 29.1 Å². The molecular formula is C12H20N4O. The standard InChI is InChI=1S/C12H20N4O/c1-8-9(2)14-10(3)16-6-5-15(7-11(8)16)12(17)13-4/h9H,5-7H2,1-4H3,(H,13,17). The van der Waals surface area contributed by atoms with Gasteiger partial charge in [-0.05, 0) is 26.3 Å². The van der Waals surface area contributed by atoms with E-state index < -0.39 is 0 Å². The Labute approximate surface area is 102 Å². The highest BCUT2D eigenvalue weighted by Crippen LogP contribution is 2.25. The lowest BCUT2D eigenvalue weighted by atomic mass is 10.0. The van der Waals surface area contributed by atoms with Crippen molar-refractivity contribution < 1.29 is 4.79 Å². The number of carbonyl (C=O) groups excluding carboxylic acids is 1. The zero-order valence-electron chi connectivity index (χ0n) is 10.9. The average molecular weight is 236 g/mol. The van der Waals surface area contributed by atoms with Crippen molar-refractivity contribution in [3.63, 3.8) is 0 Å². The molecule has 2 rings (SSSR count). The van der Waals surface area contributed by atoms with Crippen LogP contribution in [0.2, 0.25) is 0 Å². The van der Waals surface area contributed by atoms with E-state index in [-0.39, 0.29) is 12.1 Å². The third-order valence-corrected chi connectivity index (χ3v) is 3.61. The number of rotatable bonds is 0. The van der Waals surface area contributed by atoms with Gasteiger partial charge in [-0.2, -0.15) is 0 Å². The number of hydrogen-bond acceptors (Lipinski definition) is 3. The number of piperazine rings is 1. The molecule has 1 unspecified atom stereocenters. The zero-order valence-corrected chi connectivity index (χ0v) is 10.9. The van der Waals surface area contributed by atoms with Crippen LogP contribution in [0, 0.1) is 0 Å². The number of hydrogen-bond donors (Lipinski definition) is 1. The van der Waals surface area contributed by atoms with E-state index in [0.29, 0.717) is 6.54 Å². The highest BCUT2D eigenvalue weighted by Gasteiger charge is 2.30. The Morgan fingerprint density at radius 2 is 2.12 bits per heavy atom. The molecule has 0 aromatic heterocycles. The van der Waals surface area contributed by atoms with Crippen molar-refractivity contribution in [3.05, 3.63) is 11.3 Å². The summed E-state index contributed by atoms with van der Waals surface area (Å²) in [6, 6.07) is 0.226. The van der Waals surface area contributed by atoms with Crippen LogP contribution in [-0.4, -0.2) is 54.4 Å². The van der Waals surface area contributed by atoms with E-state index in [0.717, 1.165) is 18.9 Å². The number of carbonyl (C=O) groups is 1. The smallest absolute Gasteiger partial charge is 0.317 e. The maximum Gasteiger partial charge on any atom is 0.317 e. The summed E-state index contributed by atoms with van der Waals surface area (Å²) >= 11 is 0. The van der Waals surface area contributed by atoms with Gasteiger partial charge >= 0.3 is 6.03 Å². The van der Waals surface area contributed by atoms with Crippen LogP contribution in [0.4, 0.5) is 4.79 Å². The van der Waals surface area contributed by atoms with Crippen molar-refractivity contribution in [1.29, 1.82) is 0 Å². The maximum absolute atomic E-state index is 11.7. The van der Waals surface area contributed by atoms with Gasteiger partial charge < -0.3 is 15.1 Å². The van der Waals surface area contributed by atoms with Crippen LogP contribution in [0.15, 0.2) is 16.3 Å². The van der Waals surface area contributed by atoms with Crippen LogP contribution >= 0.6 is 0 Å². The summed E-state index contributed by atoms with van der Waals surface area (Å²) in [6.07, 6.45) is 0. The molecular weight excluding hydrogens is 216 g/mol. The third kappa shape index (κ3) is 2.01. The molecule has 1 atom stereocenters. The topological polar surface area (TPSA) is 47.9 Å².